The van der Waals surface area contributed by atoms with Crippen molar-refractivity contribution in [3.8, 4) is 0 Å². The van der Waals surface area contributed by atoms with Gasteiger partial charge in [0.15, 0.2) is 0 Å². The van der Waals surface area contributed by atoms with Crippen molar-refractivity contribution in [3.63, 3.8) is 0 Å². The van der Waals surface area contributed by atoms with E-state index in [0.717, 1.165) is 32.2 Å². The van der Waals surface area contributed by atoms with Gasteiger partial charge in [0, 0.05) is 18.6 Å². The largest absolute Gasteiger partial charge is 0.339 e. The average Bonchev–Trinajstić information content (AvgIpc) is 2.71. The summed E-state index contributed by atoms with van der Waals surface area (Å²) in [6.45, 7) is 7.44. The fourth-order valence-corrected chi connectivity index (χ4v) is 3.59. The van der Waals surface area contributed by atoms with Crippen molar-refractivity contribution >= 4 is 5.91 Å². The summed E-state index contributed by atoms with van der Waals surface area (Å²) in [7, 11) is 0. The van der Waals surface area contributed by atoms with Gasteiger partial charge in [0.2, 0.25) is 5.91 Å². The Morgan fingerprint density at radius 1 is 1.39 bits per heavy atom. The molecule has 1 aliphatic heterocycles. The SMILES string of the molecule is CCC1CCC(C)N(C(=O)C2(C)CCCC2N)C1. The zero-order valence-corrected chi connectivity index (χ0v) is 12.1. The summed E-state index contributed by atoms with van der Waals surface area (Å²) in [4.78, 5) is 15.0. The Bertz CT molecular complexity index is 318. The van der Waals surface area contributed by atoms with Crippen LogP contribution in [0.15, 0.2) is 0 Å². The van der Waals surface area contributed by atoms with E-state index >= 15 is 0 Å². The van der Waals surface area contributed by atoms with Crippen LogP contribution in [0.5, 0.6) is 0 Å². The Morgan fingerprint density at radius 2 is 2.11 bits per heavy atom. The number of hydrogen-bond donors (Lipinski definition) is 1. The quantitative estimate of drug-likeness (QED) is 0.821. The highest BCUT2D eigenvalue weighted by atomic mass is 16.2. The molecule has 1 amide bonds. The number of amides is 1. The van der Waals surface area contributed by atoms with E-state index in [1.165, 1.54) is 12.8 Å². The lowest BCUT2D eigenvalue weighted by Crippen LogP contribution is -2.54. The fraction of sp³-hybridized carbons (Fsp3) is 0.933. The highest BCUT2D eigenvalue weighted by Crippen LogP contribution is 2.40. The molecule has 0 aromatic carbocycles. The Hall–Kier alpha value is -0.570. The zero-order valence-electron chi connectivity index (χ0n) is 12.1. The lowest BCUT2D eigenvalue weighted by atomic mass is 9.81. The number of rotatable bonds is 2. The Labute approximate surface area is 111 Å². The summed E-state index contributed by atoms with van der Waals surface area (Å²) in [5.41, 5.74) is 5.88. The van der Waals surface area contributed by atoms with Crippen molar-refractivity contribution < 1.29 is 4.79 Å². The average molecular weight is 252 g/mol. The number of carbonyl (C=O) groups excluding carboxylic acids is 1. The van der Waals surface area contributed by atoms with E-state index in [0.29, 0.717) is 17.9 Å². The topological polar surface area (TPSA) is 46.3 Å². The lowest BCUT2D eigenvalue weighted by Gasteiger charge is -2.43. The van der Waals surface area contributed by atoms with Gasteiger partial charge in [-0.1, -0.05) is 19.8 Å². The molecule has 0 radical (unpaired) electrons. The second kappa shape index (κ2) is 5.20. The maximum Gasteiger partial charge on any atom is 0.230 e. The van der Waals surface area contributed by atoms with Crippen molar-refractivity contribution in [3.05, 3.63) is 0 Å². The first-order valence-electron chi connectivity index (χ1n) is 7.55. The number of nitrogens with zero attached hydrogens (tertiary/aromatic N) is 1. The zero-order chi connectivity index (χ0) is 13.3. The summed E-state index contributed by atoms with van der Waals surface area (Å²) in [6, 6.07) is 0.448. The molecule has 2 aliphatic rings. The van der Waals surface area contributed by atoms with Crippen molar-refractivity contribution in [2.45, 2.75) is 71.4 Å². The molecule has 3 heteroatoms. The first kappa shape index (κ1) is 13.9. The van der Waals surface area contributed by atoms with Crippen LogP contribution in [0.1, 0.15) is 59.3 Å². The maximum atomic E-state index is 12.9. The predicted molar refractivity (Wildman–Crippen MR) is 74.1 cm³/mol. The van der Waals surface area contributed by atoms with E-state index in [9.17, 15) is 4.79 Å². The van der Waals surface area contributed by atoms with Crippen LogP contribution >= 0.6 is 0 Å². The third kappa shape index (κ3) is 2.29. The van der Waals surface area contributed by atoms with Gasteiger partial charge in [0.05, 0.1) is 5.41 Å². The highest BCUT2D eigenvalue weighted by molar-refractivity contribution is 5.84. The lowest BCUT2D eigenvalue weighted by molar-refractivity contribution is -0.146. The molecule has 0 bridgehead atoms. The molecule has 0 aromatic rings. The maximum absolute atomic E-state index is 12.9. The summed E-state index contributed by atoms with van der Waals surface area (Å²) < 4.78 is 0. The van der Waals surface area contributed by atoms with Gasteiger partial charge in [-0.2, -0.15) is 0 Å². The van der Waals surface area contributed by atoms with Crippen LogP contribution in [0.4, 0.5) is 0 Å². The van der Waals surface area contributed by atoms with E-state index in [-0.39, 0.29) is 11.5 Å². The van der Waals surface area contributed by atoms with Gasteiger partial charge in [-0.3, -0.25) is 4.79 Å². The molecule has 1 aliphatic carbocycles. The smallest absolute Gasteiger partial charge is 0.230 e. The number of carbonyl (C=O) groups is 1. The minimum Gasteiger partial charge on any atom is -0.339 e. The Kier molecular flexibility index (Phi) is 4.00. The van der Waals surface area contributed by atoms with Gasteiger partial charge in [-0.15, -0.1) is 0 Å². The van der Waals surface area contributed by atoms with Gasteiger partial charge in [0.25, 0.3) is 0 Å². The van der Waals surface area contributed by atoms with Crippen LogP contribution in [-0.2, 0) is 4.79 Å². The summed E-state index contributed by atoms with van der Waals surface area (Å²) in [5.74, 6) is 1.00. The van der Waals surface area contributed by atoms with E-state index in [4.69, 9.17) is 5.73 Å². The molecule has 3 nitrogen and oxygen atoms in total. The van der Waals surface area contributed by atoms with Crippen molar-refractivity contribution in [2.24, 2.45) is 17.1 Å². The second-order valence-electron chi connectivity index (χ2n) is 6.57. The molecule has 104 valence electrons. The van der Waals surface area contributed by atoms with Crippen molar-refractivity contribution in [1.82, 2.24) is 4.90 Å². The van der Waals surface area contributed by atoms with Crippen LogP contribution in [0.2, 0.25) is 0 Å². The predicted octanol–water partition coefficient (Wildman–Crippen LogP) is 2.54. The Balaban J connectivity index is 2.11. The van der Waals surface area contributed by atoms with Gasteiger partial charge in [0.1, 0.15) is 0 Å². The second-order valence-corrected chi connectivity index (χ2v) is 6.57. The van der Waals surface area contributed by atoms with Crippen LogP contribution in [0.25, 0.3) is 0 Å². The summed E-state index contributed by atoms with van der Waals surface area (Å²) in [6.07, 6.45) is 6.66. The minimum atomic E-state index is -0.302. The molecule has 1 saturated heterocycles. The molecule has 4 unspecified atom stereocenters. The van der Waals surface area contributed by atoms with Gasteiger partial charge in [-0.25, -0.2) is 0 Å². The van der Waals surface area contributed by atoms with Crippen LogP contribution in [-0.4, -0.2) is 29.4 Å². The fourth-order valence-electron chi connectivity index (χ4n) is 3.59. The Morgan fingerprint density at radius 3 is 2.67 bits per heavy atom. The molecular formula is C15H28N2O. The highest BCUT2D eigenvalue weighted by Gasteiger charge is 2.46. The van der Waals surface area contributed by atoms with Crippen molar-refractivity contribution in [1.29, 1.82) is 0 Å². The monoisotopic (exact) mass is 252 g/mol. The number of hydrogen-bond acceptors (Lipinski definition) is 2. The summed E-state index contributed by atoms with van der Waals surface area (Å²) >= 11 is 0. The molecule has 2 fully saturated rings. The summed E-state index contributed by atoms with van der Waals surface area (Å²) in [5, 5.41) is 0. The van der Waals surface area contributed by atoms with E-state index in [1.807, 2.05) is 0 Å². The molecule has 0 aromatic heterocycles. The number of piperidine rings is 1. The third-order valence-corrected chi connectivity index (χ3v) is 5.34. The van der Waals surface area contributed by atoms with E-state index < -0.39 is 0 Å². The van der Waals surface area contributed by atoms with Crippen LogP contribution in [0.3, 0.4) is 0 Å². The van der Waals surface area contributed by atoms with Gasteiger partial charge in [-0.05, 0) is 45.4 Å². The molecule has 0 spiro atoms. The van der Waals surface area contributed by atoms with Crippen LogP contribution < -0.4 is 5.73 Å². The van der Waals surface area contributed by atoms with Crippen molar-refractivity contribution in [2.75, 3.05) is 6.54 Å². The first-order valence-corrected chi connectivity index (χ1v) is 7.55. The molecule has 1 saturated carbocycles. The standard InChI is InChI=1S/C15H28N2O/c1-4-12-8-7-11(2)17(10-12)14(18)15(3)9-5-6-13(15)16/h11-13H,4-10,16H2,1-3H3. The van der Waals surface area contributed by atoms with Gasteiger partial charge >= 0.3 is 0 Å². The van der Waals surface area contributed by atoms with E-state index in [1.54, 1.807) is 0 Å². The van der Waals surface area contributed by atoms with E-state index in [2.05, 4.69) is 25.7 Å². The molecule has 2 N–H and O–H groups in total. The normalized spacial score (nSPS) is 41.1. The first-order chi connectivity index (χ1) is 8.49. The third-order valence-electron chi connectivity index (χ3n) is 5.34. The molecular weight excluding hydrogens is 224 g/mol. The number of likely N-dealkylation sites (tertiary alicyclic amines) is 1. The number of nitrogens with two attached hydrogens (primary N) is 1. The molecule has 18 heavy (non-hydrogen) atoms. The van der Waals surface area contributed by atoms with Gasteiger partial charge < -0.3 is 10.6 Å². The minimum absolute atomic E-state index is 0.0548. The van der Waals surface area contributed by atoms with Crippen LogP contribution in [0, 0.1) is 11.3 Å². The molecule has 4 atom stereocenters. The molecule has 2 rings (SSSR count). The molecule has 1 heterocycles.